The van der Waals surface area contributed by atoms with Gasteiger partial charge in [-0.1, -0.05) is 20.3 Å². The lowest BCUT2D eigenvalue weighted by Gasteiger charge is -2.26. The van der Waals surface area contributed by atoms with Gasteiger partial charge in [-0.3, -0.25) is 0 Å². The second-order valence-corrected chi connectivity index (χ2v) is 4.85. The van der Waals surface area contributed by atoms with E-state index in [4.69, 9.17) is 5.73 Å². The summed E-state index contributed by atoms with van der Waals surface area (Å²) in [4.78, 5) is 8.34. The molecule has 0 aliphatic heterocycles. The quantitative estimate of drug-likeness (QED) is 0.817. The van der Waals surface area contributed by atoms with Crippen molar-refractivity contribution in [3.05, 3.63) is 11.9 Å². The van der Waals surface area contributed by atoms with Gasteiger partial charge in [0, 0.05) is 12.1 Å². The molecule has 3 N–H and O–H groups in total. The van der Waals surface area contributed by atoms with Crippen LogP contribution in [0.1, 0.15) is 44.6 Å². The number of rotatable bonds is 4. The topological polar surface area (TPSA) is 63.8 Å². The van der Waals surface area contributed by atoms with Gasteiger partial charge in [-0.2, -0.15) is 0 Å². The molecule has 0 radical (unpaired) electrons. The van der Waals surface area contributed by atoms with E-state index in [2.05, 4.69) is 29.1 Å². The molecule has 16 heavy (non-hydrogen) atoms. The van der Waals surface area contributed by atoms with Gasteiger partial charge in [0.2, 0.25) is 0 Å². The molecule has 0 spiro atoms. The maximum atomic E-state index is 5.88. The summed E-state index contributed by atoms with van der Waals surface area (Å²) in [6, 6.07) is 0. The molecule has 0 aromatic carbocycles. The van der Waals surface area contributed by atoms with Crippen molar-refractivity contribution in [2.75, 3.05) is 17.6 Å². The Balaban J connectivity index is 2.09. The highest BCUT2D eigenvalue weighted by Crippen LogP contribution is 2.29. The molecule has 1 aliphatic carbocycles. The minimum absolute atomic E-state index is 0.352. The highest BCUT2D eigenvalue weighted by atomic mass is 15.0. The molecule has 0 bridgehead atoms. The summed E-state index contributed by atoms with van der Waals surface area (Å²) in [5.41, 5.74) is 6.93. The Morgan fingerprint density at radius 2 is 2.19 bits per heavy atom. The zero-order valence-electron chi connectivity index (χ0n) is 10.0. The van der Waals surface area contributed by atoms with Crippen LogP contribution in [0.5, 0.6) is 0 Å². The van der Waals surface area contributed by atoms with Crippen molar-refractivity contribution < 1.29 is 0 Å². The highest BCUT2D eigenvalue weighted by molar-refractivity contribution is 5.56. The maximum absolute atomic E-state index is 5.88. The highest BCUT2D eigenvalue weighted by Gasteiger charge is 2.19. The summed E-state index contributed by atoms with van der Waals surface area (Å²) in [7, 11) is 0. The fourth-order valence-corrected chi connectivity index (χ4v) is 2.06. The van der Waals surface area contributed by atoms with Crippen LogP contribution < -0.4 is 11.1 Å². The van der Waals surface area contributed by atoms with E-state index in [9.17, 15) is 0 Å². The van der Waals surface area contributed by atoms with Crippen molar-refractivity contribution in [3.8, 4) is 0 Å². The first kappa shape index (κ1) is 11.2. The van der Waals surface area contributed by atoms with Crippen LogP contribution in [-0.2, 0) is 0 Å². The van der Waals surface area contributed by atoms with Gasteiger partial charge < -0.3 is 11.1 Å². The second-order valence-electron chi connectivity index (χ2n) is 4.85. The smallest absolute Gasteiger partial charge is 0.134 e. The summed E-state index contributed by atoms with van der Waals surface area (Å²) in [6.07, 6.45) is 5.58. The van der Waals surface area contributed by atoms with E-state index in [0.717, 1.165) is 23.8 Å². The molecule has 4 nitrogen and oxygen atoms in total. The minimum atomic E-state index is 0.352. The molecule has 1 aromatic heterocycles. The Morgan fingerprint density at radius 1 is 1.44 bits per heavy atom. The van der Waals surface area contributed by atoms with E-state index in [-0.39, 0.29) is 0 Å². The first-order valence-electron chi connectivity index (χ1n) is 6.02. The van der Waals surface area contributed by atoms with Crippen LogP contribution in [-0.4, -0.2) is 16.5 Å². The number of anilines is 2. The van der Waals surface area contributed by atoms with Crippen molar-refractivity contribution in [2.45, 2.75) is 39.0 Å². The van der Waals surface area contributed by atoms with E-state index in [1.807, 2.05) is 0 Å². The van der Waals surface area contributed by atoms with E-state index in [1.54, 1.807) is 0 Å². The molecular weight excluding hydrogens is 200 g/mol. The van der Waals surface area contributed by atoms with Crippen molar-refractivity contribution in [2.24, 2.45) is 5.92 Å². The molecule has 2 rings (SSSR count). The third-order valence-electron chi connectivity index (χ3n) is 3.28. The van der Waals surface area contributed by atoms with Crippen LogP contribution in [0.25, 0.3) is 0 Å². The molecule has 0 saturated heterocycles. The fourth-order valence-electron chi connectivity index (χ4n) is 2.06. The van der Waals surface area contributed by atoms with E-state index in [0.29, 0.717) is 11.7 Å². The van der Waals surface area contributed by atoms with E-state index >= 15 is 0 Å². The summed E-state index contributed by atoms with van der Waals surface area (Å²) in [6.45, 7) is 5.24. The molecule has 1 aliphatic rings. The third-order valence-corrected chi connectivity index (χ3v) is 3.28. The van der Waals surface area contributed by atoms with Gasteiger partial charge in [-0.25, -0.2) is 9.97 Å². The van der Waals surface area contributed by atoms with Crippen LogP contribution in [0.15, 0.2) is 6.33 Å². The third kappa shape index (κ3) is 2.26. The molecule has 0 unspecified atom stereocenters. The molecule has 1 heterocycles. The predicted octanol–water partition coefficient (Wildman–Crippen LogP) is 2.39. The molecular formula is C12H20N4. The minimum Gasteiger partial charge on any atom is -0.383 e. The predicted molar refractivity (Wildman–Crippen MR) is 66.4 cm³/mol. The monoisotopic (exact) mass is 220 g/mol. The number of nitrogens with one attached hydrogen (secondary N) is 1. The zero-order valence-corrected chi connectivity index (χ0v) is 10.0. The van der Waals surface area contributed by atoms with Gasteiger partial charge in [0.15, 0.2) is 0 Å². The average molecular weight is 220 g/mol. The summed E-state index contributed by atoms with van der Waals surface area (Å²) in [5.74, 6) is 2.68. The van der Waals surface area contributed by atoms with Crippen LogP contribution in [0.2, 0.25) is 0 Å². The molecule has 88 valence electrons. The fraction of sp³-hybridized carbons (Fsp3) is 0.667. The Morgan fingerprint density at radius 3 is 2.75 bits per heavy atom. The Labute approximate surface area is 96.7 Å². The van der Waals surface area contributed by atoms with Gasteiger partial charge >= 0.3 is 0 Å². The summed E-state index contributed by atoms with van der Waals surface area (Å²) < 4.78 is 0. The lowest BCUT2D eigenvalue weighted by atomic mass is 9.85. The van der Waals surface area contributed by atoms with E-state index in [1.165, 1.54) is 25.6 Å². The summed E-state index contributed by atoms with van der Waals surface area (Å²) >= 11 is 0. The van der Waals surface area contributed by atoms with Crippen molar-refractivity contribution in [1.82, 2.24) is 9.97 Å². The van der Waals surface area contributed by atoms with Gasteiger partial charge in [-0.05, 0) is 24.7 Å². The first-order chi connectivity index (χ1) is 7.68. The number of nitrogens with zero attached hydrogens (tertiary/aromatic N) is 2. The second kappa shape index (κ2) is 4.68. The van der Waals surface area contributed by atoms with Gasteiger partial charge in [0.25, 0.3) is 0 Å². The number of nitrogens with two attached hydrogens (primary N) is 1. The van der Waals surface area contributed by atoms with Gasteiger partial charge in [0.1, 0.15) is 18.0 Å². The first-order valence-corrected chi connectivity index (χ1v) is 6.02. The van der Waals surface area contributed by atoms with Crippen molar-refractivity contribution in [1.29, 1.82) is 0 Å². The Bertz CT molecular complexity index is 358. The zero-order chi connectivity index (χ0) is 11.5. The lowest BCUT2D eigenvalue weighted by Crippen LogP contribution is -2.22. The molecule has 1 saturated carbocycles. The van der Waals surface area contributed by atoms with Crippen molar-refractivity contribution >= 4 is 11.6 Å². The molecule has 0 atom stereocenters. The van der Waals surface area contributed by atoms with Gasteiger partial charge in [-0.15, -0.1) is 0 Å². The van der Waals surface area contributed by atoms with Crippen molar-refractivity contribution in [3.63, 3.8) is 0 Å². The van der Waals surface area contributed by atoms with E-state index < -0.39 is 0 Å². The number of hydrogen-bond acceptors (Lipinski definition) is 4. The number of hydrogen-bond donors (Lipinski definition) is 2. The maximum Gasteiger partial charge on any atom is 0.134 e. The SMILES string of the molecule is CC(C)c1c(N)ncnc1NCC1CCC1. The molecule has 0 amide bonds. The largest absolute Gasteiger partial charge is 0.383 e. The summed E-state index contributed by atoms with van der Waals surface area (Å²) in [5, 5.41) is 3.41. The molecule has 1 fully saturated rings. The number of nitrogen functional groups attached to an aromatic ring is 1. The van der Waals surface area contributed by atoms with Crippen LogP contribution in [0.3, 0.4) is 0 Å². The number of aromatic nitrogens is 2. The molecule has 4 heteroatoms. The Hall–Kier alpha value is -1.32. The van der Waals surface area contributed by atoms with Crippen LogP contribution >= 0.6 is 0 Å². The average Bonchev–Trinajstić information content (AvgIpc) is 2.14. The molecule has 1 aromatic rings. The Kier molecular flexibility index (Phi) is 3.27. The van der Waals surface area contributed by atoms with Gasteiger partial charge in [0.05, 0.1) is 0 Å². The standard InChI is InChI=1S/C12H20N4/c1-8(2)10-11(13)15-7-16-12(10)14-6-9-4-3-5-9/h7-9H,3-6H2,1-2H3,(H3,13,14,15,16). The van der Waals surface area contributed by atoms with Crippen LogP contribution in [0.4, 0.5) is 11.6 Å². The lowest BCUT2D eigenvalue weighted by molar-refractivity contribution is 0.333. The van der Waals surface area contributed by atoms with Crippen LogP contribution in [0, 0.1) is 5.92 Å². The normalized spacial score (nSPS) is 16.2.